The van der Waals surface area contributed by atoms with E-state index in [-0.39, 0.29) is 24.0 Å². The van der Waals surface area contributed by atoms with Crippen LogP contribution in [0.25, 0.3) is 11.5 Å². The van der Waals surface area contributed by atoms with Crippen LogP contribution in [0.1, 0.15) is 29.6 Å². The number of aryl methyl sites for hydroxylation is 1. The van der Waals surface area contributed by atoms with Crippen LogP contribution in [0.15, 0.2) is 82.7 Å². The summed E-state index contributed by atoms with van der Waals surface area (Å²) in [6.45, 7) is 6.63. The van der Waals surface area contributed by atoms with Gasteiger partial charge in [-0.2, -0.15) is 0 Å². The molecule has 0 amide bonds. The minimum Gasteiger partial charge on any atom is -0.444 e. The second-order valence-electron chi connectivity index (χ2n) is 7.52. The number of imidazole rings is 1. The zero-order valence-corrected chi connectivity index (χ0v) is 21.2. The van der Waals surface area contributed by atoms with Crippen LogP contribution in [-0.4, -0.2) is 27.0 Å². The van der Waals surface area contributed by atoms with E-state index in [1.165, 1.54) is 11.1 Å². The first-order chi connectivity index (χ1) is 15.7. The highest BCUT2D eigenvalue weighted by Gasteiger charge is 2.08. The molecule has 0 saturated carbocycles. The predicted octanol–water partition coefficient (Wildman–Crippen LogP) is 4.77. The van der Waals surface area contributed by atoms with Crippen LogP contribution < -0.4 is 10.6 Å². The van der Waals surface area contributed by atoms with E-state index in [2.05, 4.69) is 49.2 Å². The van der Waals surface area contributed by atoms with Crippen molar-refractivity contribution in [3.8, 4) is 11.5 Å². The molecule has 0 radical (unpaired) electrons. The highest BCUT2D eigenvalue weighted by molar-refractivity contribution is 14.0. The Bertz CT molecular complexity index is 1150. The molecular weight excluding hydrogens is 527 g/mol. The SMILES string of the molecule is CCNC(=NCc1coc(-c2ccc(C)cc2)n1)NCc1nccn1Cc1ccccc1.I. The second kappa shape index (κ2) is 12.2. The van der Waals surface area contributed by atoms with Crippen molar-refractivity contribution in [2.45, 2.75) is 33.5 Å². The molecule has 4 aromatic rings. The van der Waals surface area contributed by atoms with Gasteiger partial charge in [0.05, 0.1) is 13.1 Å². The van der Waals surface area contributed by atoms with Gasteiger partial charge in [-0.25, -0.2) is 15.0 Å². The molecule has 172 valence electrons. The van der Waals surface area contributed by atoms with Crippen LogP contribution in [0.2, 0.25) is 0 Å². The smallest absolute Gasteiger partial charge is 0.226 e. The van der Waals surface area contributed by atoms with Crippen LogP contribution in [-0.2, 0) is 19.6 Å². The van der Waals surface area contributed by atoms with E-state index in [0.29, 0.717) is 24.9 Å². The highest BCUT2D eigenvalue weighted by atomic mass is 127. The number of guanidine groups is 1. The van der Waals surface area contributed by atoms with E-state index in [0.717, 1.165) is 30.2 Å². The van der Waals surface area contributed by atoms with Crippen LogP contribution >= 0.6 is 24.0 Å². The van der Waals surface area contributed by atoms with E-state index in [4.69, 9.17) is 4.42 Å². The highest BCUT2D eigenvalue weighted by Crippen LogP contribution is 2.19. The van der Waals surface area contributed by atoms with Gasteiger partial charge in [0, 0.05) is 31.0 Å². The summed E-state index contributed by atoms with van der Waals surface area (Å²) in [7, 11) is 0. The Morgan fingerprint density at radius 2 is 1.85 bits per heavy atom. The summed E-state index contributed by atoms with van der Waals surface area (Å²) in [5.74, 6) is 2.26. The number of nitrogens with one attached hydrogen (secondary N) is 2. The molecule has 0 atom stereocenters. The number of nitrogens with zero attached hydrogens (tertiary/aromatic N) is 4. The summed E-state index contributed by atoms with van der Waals surface area (Å²) in [5.41, 5.74) is 4.18. The third-order valence-electron chi connectivity index (χ3n) is 5.01. The van der Waals surface area contributed by atoms with Gasteiger partial charge in [-0.15, -0.1) is 24.0 Å². The molecule has 8 heteroatoms. The van der Waals surface area contributed by atoms with Gasteiger partial charge in [0.15, 0.2) is 5.96 Å². The molecule has 2 N–H and O–H groups in total. The molecule has 0 bridgehead atoms. The Kier molecular flexibility index (Phi) is 9.05. The number of aliphatic imine (C=N–C) groups is 1. The van der Waals surface area contributed by atoms with Crippen LogP contribution in [0.5, 0.6) is 0 Å². The lowest BCUT2D eigenvalue weighted by molar-refractivity contribution is 0.572. The van der Waals surface area contributed by atoms with Crippen LogP contribution in [0.3, 0.4) is 0 Å². The molecule has 0 fully saturated rings. The molecule has 0 spiro atoms. The average Bonchev–Trinajstić information content (AvgIpc) is 3.46. The first-order valence-electron chi connectivity index (χ1n) is 10.8. The fraction of sp³-hybridized carbons (Fsp3) is 0.240. The Morgan fingerprint density at radius 3 is 2.61 bits per heavy atom. The molecule has 0 aliphatic rings. The molecule has 2 aromatic heterocycles. The topological polar surface area (TPSA) is 80.3 Å². The zero-order valence-electron chi connectivity index (χ0n) is 18.9. The number of rotatable bonds is 8. The fourth-order valence-corrected chi connectivity index (χ4v) is 3.30. The Labute approximate surface area is 211 Å². The first kappa shape index (κ1) is 24.5. The number of hydrogen-bond donors (Lipinski definition) is 2. The average molecular weight is 556 g/mol. The minimum atomic E-state index is 0. The summed E-state index contributed by atoms with van der Waals surface area (Å²) in [4.78, 5) is 13.7. The lowest BCUT2D eigenvalue weighted by Gasteiger charge is -2.12. The third-order valence-corrected chi connectivity index (χ3v) is 5.01. The number of benzene rings is 2. The third kappa shape index (κ3) is 6.92. The van der Waals surface area contributed by atoms with E-state index >= 15 is 0 Å². The number of halogens is 1. The van der Waals surface area contributed by atoms with Crippen molar-refractivity contribution < 1.29 is 4.42 Å². The minimum absolute atomic E-state index is 0. The van der Waals surface area contributed by atoms with E-state index in [9.17, 15) is 0 Å². The summed E-state index contributed by atoms with van der Waals surface area (Å²) >= 11 is 0. The van der Waals surface area contributed by atoms with Gasteiger partial charge in [-0.05, 0) is 31.5 Å². The van der Waals surface area contributed by atoms with Crippen molar-refractivity contribution in [2.24, 2.45) is 4.99 Å². The molecular formula is C25H29IN6O. The van der Waals surface area contributed by atoms with E-state index in [1.807, 2.05) is 61.8 Å². The molecule has 4 rings (SSSR count). The van der Waals surface area contributed by atoms with Crippen molar-refractivity contribution in [3.05, 3.63) is 95.9 Å². The van der Waals surface area contributed by atoms with Crippen LogP contribution in [0.4, 0.5) is 0 Å². The van der Waals surface area contributed by atoms with Gasteiger partial charge in [-0.1, -0.05) is 48.0 Å². The number of oxazole rings is 1. The van der Waals surface area contributed by atoms with Crippen molar-refractivity contribution >= 4 is 29.9 Å². The zero-order chi connectivity index (χ0) is 22.2. The quantitative estimate of drug-likeness (QED) is 0.186. The number of aromatic nitrogens is 3. The Hall–Kier alpha value is -3.14. The maximum absolute atomic E-state index is 5.64. The summed E-state index contributed by atoms with van der Waals surface area (Å²) in [6.07, 6.45) is 5.48. The van der Waals surface area contributed by atoms with Crippen molar-refractivity contribution in [2.75, 3.05) is 6.54 Å². The standard InChI is InChI=1S/C25H28N6O.HI/c1-3-26-25(28-15-22-18-32-24(30-22)21-11-9-19(2)10-12-21)29-16-23-27-13-14-31(23)17-20-7-5-4-6-8-20;/h4-14,18H,3,15-17H2,1-2H3,(H2,26,28,29);1H. The molecule has 2 heterocycles. The number of hydrogen-bond acceptors (Lipinski definition) is 4. The molecule has 7 nitrogen and oxygen atoms in total. The molecule has 0 saturated heterocycles. The van der Waals surface area contributed by atoms with Crippen molar-refractivity contribution in [1.82, 2.24) is 25.2 Å². The summed E-state index contributed by atoms with van der Waals surface area (Å²) < 4.78 is 7.78. The summed E-state index contributed by atoms with van der Waals surface area (Å²) in [6, 6.07) is 18.5. The van der Waals surface area contributed by atoms with Gasteiger partial charge in [0.2, 0.25) is 5.89 Å². The van der Waals surface area contributed by atoms with E-state index < -0.39 is 0 Å². The fourth-order valence-electron chi connectivity index (χ4n) is 3.30. The monoisotopic (exact) mass is 556 g/mol. The molecule has 0 aliphatic carbocycles. The predicted molar refractivity (Wildman–Crippen MR) is 142 cm³/mol. The van der Waals surface area contributed by atoms with Crippen LogP contribution in [0, 0.1) is 6.92 Å². The maximum Gasteiger partial charge on any atom is 0.226 e. The van der Waals surface area contributed by atoms with Gasteiger partial charge in [0.1, 0.15) is 17.8 Å². The molecule has 33 heavy (non-hydrogen) atoms. The molecule has 0 unspecified atom stereocenters. The normalized spacial score (nSPS) is 11.2. The molecule has 2 aromatic carbocycles. The maximum atomic E-state index is 5.64. The van der Waals surface area contributed by atoms with Gasteiger partial charge in [-0.3, -0.25) is 0 Å². The first-order valence-corrected chi connectivity index (χ1v) is 10.8. The summed E-state index contributed by atoms with van der Waals surface area (Å²) in [5, 5.41) is 6.63. The van der Waals surface area contributed by atoms with Crippen molar-refractivity contribution in [1.29, 1.82) is 0 Å². The Morgan fingerprint density at radius 1 is 1.06 bits per heavy atom. The van der Waals surface area contributed by atoms with Gasteiger partial charge in [0.25, 0.3) is 0 Å². The van der Waals surface area contributed by atoms with Gasteiger partial charge >= 0.3 is 0 Å². The Balaban J connectivity index is 0.00000306. The lowest BCUT2D eigenvalue weighted by atomic mass is 10.1. The van der Waals surface area contributed by atoms with Crippen molar-refractivity contribution in [3.63, 3.8) is 0 Å². The van der Waals surface area contributed by atoms with E-state index in [1.54, 1.807) is 6.26 Å². The largest absolute Gasteiger partial charge is 0.444 e. The molecule has 0 aliphatic heterocycles. The second-order valence-corrected chi connectivity index (χ2v) is 7.52. The van der Waals surface area contributed by atoms with Gasteiger partial charge < -0.3 is 19.6 Å². The lowest BCUT2D eigenvalue weighted by Crippen LogP contribution is -2.37.